The molecule has 6 nitrogen and oxygen atoms in total. The topological polar surface area (TPSA) is 95.5 Å². The van der Waals surface area contributed by atoms with Crippen LogP contribution >= 0.6 is 0 Å². The lowest BCUT2D eigenvalue weighted by molar-refractivity contribution is 0.0696. The number of nitrogens with one attached hydrogen (secondary N) is 2. The Kier molecular flexibility index (Phi) is 4.62. The molecule has 0 fully saturated rings. The maximum atomic E-state index is 13.4. The molecule has 100 valence electrons. The Hall–Kier alpha value is -1.67. The summed E-state index contributed by atoms with van der Waals surface area (Å²) in [4.78, 5) is 10.6. The minimum Gasteiger partial charge on any atom is -0.478 e. The molecule has 0 amide bonds. The highest BCUT2D eigenvalue weighted by molar-refractivity contribution is 7.89. The molecule has 0 atom stereocenters. The van der Waals surface area contributed by atoms with Gasteiger partial charge in [0.1, 0.15) is 5.82 Å². The van der Waals surface area contributed by atoms with Gasteiger partial charge in [-0.25, -0.2) is 22.3 Å². The van der Waals surface area contributed by atoms with Gasteiger partial charge in [0, 0.05) is 6.54 Å². The first-order valence-electron chi connectivity index (χ1n) is 5.03. The van der Waals surface area contributed by atoms with Crippen molar-refractivity contribution in [3.63, 3.8) is 0 Å². The molecule has 0 aliphatic rings. The number of hydrogen-bond donors (Lipinski definition) is 3. The normalized spacial score (nSPS) is 11.2. The Morgan fingerprint density at radius 1 is 1.44 bits per heavy atom. The average molecular weight is 276 g/mol. The van der Waals surface area contributed by atoms with Crippen LogP contribution in [0, 0.1) is 5.82 Å². The lowest BCUT2D eigenvalue weighted by Gasteiger charge is -2.08. The van der Waals surface area contributed by atoms with E-state index in [1.807, 2.05) is 0 Å². The minimum atomic E-state index is -3.35. The molecular formula is C10H13FN2O4S. The molecule has 0 aromatic heterocycles. The van der Waals surface area contributed by atoms with E-state index in [0.29, 0.717) is 0 Å². The van der Waals surface area contributed by atoms with E-state index in [1.165, 1.54) is 19.2 Å². The van der Waals surface area contributed by atoms with Crippen molar-refractivity contribution in [2.45, 2.75) is 0 Å². The van der Waals surface area contributed by atoms with Gasteiger partial charge in [-0.05, 0) is 25.2 Å². The number of carbonyl (C=O) groups is 1. The first-order chi connectivity index (χ1) is 8.35. The van der Waals surface area contributed by atoms with Gasteiger partial charge in [-0.3, -0.25) is 0 Å². The van der Waals surface area contributed by atoms with Gasteiger partial charge < -0.3 is 10.4 Å². The van der Waals surface area contributed by atoms with Crippen molar-refractivity contribution < 1.29 is 22.7 Å². The lowest BCUT2D eigenvalue weighted by Crippen LogP contribution is -2.26. The van der Waals surface area contributed by atoms with Crippen LogP contribution in [0.3, 0.4) is 0 Å². The lowest BCUT2D eigenvalue weighted by atomic mass is 10.2. The van der Waals surface area contributed by atoms with Crippen LogP contribution in [0.5, 0.6) is 0 Å². The van der Waals surface area contributed by atoms with Crippen molar-refractivity contribution in [2.75, 3.05) is 24.7 Å². The first-order valence-corrected chi connectivity index (χ1v) is 6.69. The summed E-state index contributed by atoms with van der Waals surface area (Å²) in [6.45, 7) is 0.0203. The Balaban J connectivity index is 2.67. The highest BCUT2D eigenvalue weighted by atomic mass is 32.2. The fourth-order valence-corrected chi connectivity index (χ4v) is 1.79. The van der Waals surface area contributed by atoms with Crippen molar-refractivity contribution in [1.29, 1.82) is 0 Å². The van der Waals surface area contributed by atoms with Crippen molar-refractivity contribution in [3.05, 3.63) is 29.6 Å². The van der Waals surface area contributed by atoms with E-state index >= 15 is 0 Å². The van der Waals surface area contributed by atoms with Crippen molar-refractivity contribution in [3.8, 4) is 0 Å². The van der Waals surface area contributed by atoms with Gasteiger partial charge >= 0.3 is 5.97 Å². The summed E-state index contributed by atoms with van der Waals surface area (Å²) in [7, 11) is -2.06. The second-order valence-electron chi connectivity index (χ2n) is 3.45. The molecule has 18 heavy (non-hydrogen) atoms. The summed E-state index contributed by atoms with van der Waals surface area (Å²) in [6.07, 6.45) is 0. The van der Waals surface area contributed by atoms with E-state index in [4.69, 9.17) is 5.11 Å². The van der Waals surface area contributed by atoms with E-state index in [2.05, 4.69) is 10.0 Å². The van der Waals surface area contributed by atoms with Gasteiger partial charge in [0.05, 0.1) is 17.0 Å². The molecule has 1 aromatic rings. The second kappa shape index (κ2) is 5.78. The molecule has 0 bridgehead atoms. The molecule has 1 aromatic carbocycles. The van der Waals surface area contributed by atoms with Crippen molar-refractivity contribution in [1.82, 2.24) is 4.72 Å². The molecule has 0 radical (unpaired) electrons. The number of carboxylic acid groups (broad SMARTS) is 1. The number of rotatable bonds is 6. The van der Waals surface area contributed by atoms with E-state index in [-0.39, 0.29) is 23.5 Å². The van der Waals surface area contributed by atoms with Crippen LogP contribution in [0.15, 0.2) is 18.2 Å². The van der Waals surface area contributed by atoms with Gasteiger partial charge in [-0.15, -0.1) is 0 Å². The zero-order valence-corrected chi connectivity index (χ0v) is 10.4. The van der Waals surface area contributed by atoms with Gasteiger partial charge in [0.25, 0.3) is 0 Å². The minimum absolute atomic E-state index is 0.0203. The molecule has 8 heteroatoms. The highest BCUT2D eigenvalue weighted by Crippen LogP contribution is 2.15. The Labute approximate surface area is 104 Å². The fourth-order valence-electron chi connectivity index (χ4n) is 1.21. The molecule has 0 spiro atoms. The van der Waals surface area contributed by atoms with Crippen LogP contribution in [0.25, 0.3) is 0 Å². The van der Waals surface area contributed by atoms with Crippen LogP contribution in [0.4, 0.5) is 10.1 Å². The largest absolute Gasteiger partial charge is 0.478 e. The quantitative estimate of drug-likeness (QED) is 0.702. The fraction of sp³-hybridized carbons (Fsp3) is 0.300. The van der Waals surface area contributed by atoms with Crippen LogP contribution in [0.1, 0.15) is 10.4 Å². The van der Waals surface area contributed by atoms with Gasteiger partial charge in [0.15, 0.2) is 0 Å². The Bertz CT molecular complexity index is 545. The molecule has 0 unspecified atom stereocenters. The van der Waals surface area contributed by atoms with Gasteiger partial charge in [-0.1, -0.05) is 0 Å². The summed E-state index contributed by atoms with van der Waals surface area (Å²) < 4.78 is 37.7. The van der Waals surface area contributed by atoms with Crippen LogP contribution in [0.2, 0.25) is 0 Å². The third kappa shape index (κ3) is 3.97. The number of carboxylic acids is 1. The van der Waals surface area contributed by atoms with Gasteiger partial charge in [-0.2, -0.15) is 0 Å². The predicted molar refractivity (Wildman–Crippen MR) is 64.7 cm³/mol. The third-order valence-corrected chi connectivity index (χ3v) is 3.58. The summed E-state index contributed by atoms with van der Waals surface area (Å²) in [5, 5.41) is 11.2. The van der Waals surface area contributed by atoms with Crippen LogP contribution in [-0.2, 0) is 10.0 Å². The number of hydrogen-bond acceptors (Lipinski definition) is 4. The molecule has 3 N–H and O–H groups in total. The first kappa shape index (κ1) is 14.4. The second-order valence-corrected chi connectivity index (χ2v) is 5.50. The number of benzene rings is 1. The molecule has 0 saturated carbocycles. The maximum Gasteiger partial charge on any atom is 0.335 e. The molecule has 0 aliphatic heterocycles. The number of sulfonamides is 1. The number of anilines is 1. The Morgan fingerprint density at radius 3 is 2.61 bits per heavy atom. The van der Waals surface area contributed by atoms with Gasteiger partial charge in [0.2, 0.25) is 10.0 Å². The molecule has 0 saturated heterocycles. The predicted octanol–water partition coefficient (Wildman–Crippen LogP) is 0.485. The zero-order chi connectivity index (χ0) is 13.8. The maximum absolute atomic E-state index is 13.4. The molecular weight excluding hydrogens is 263 g/mol. The summed E-state index contributed by atoms with van der Waals surface area (Å²) in [6, 6.07) is 3.36. The summed E-state index contributed by atoms with van der Waals surface area (Å²) in [5.41, 5.74) is -0.104. The monoisotopic (exact) mass is 276 g/mol. The highest BCUT2D eigenvalue weighted by Gasteiger charge is 2.10. The molecule has 1 rings (SSSR count). The SMILES string of the molecule is CNS(=O)(=O)CCNc1ccc(C(=O)O)cc1F. The van der Waals surface area contributed by atoms with E-state index in [1.54, 1.807) is 0 Å². The standard InChI is InChI=1S/C10H13FN2O4S/c1-12-18(16,17)5-4-13-9-3-2-7(10(14)15)6-8(9)11/h2-3,6,12-13H,4-5H2,1H3,(H,14,15). The van der Waals surface area contributed by atoms with E-state index in [9.17, 15) is 17.6 Å². The molecule has 0 aliphatic carbocycles. The summed E-state index contributed by atoms with van der Waals surface area (Å²) >= 11 is 0. The van der Waals surface area contributed by atoms with E-state index in [0.717, 1.165) is 6.07 Å². The Morgan fingerprint density at radius 2 is 2.11 bits per heavy atom. The van der Waals surface area contributed by atoms with Crippen LogP contribution < -0.4 is 10.0 Å². The van der Waals surface area contributed by atoms with Crippen molar-refractivity contribution in [2.24, 2.45) is 0 Å². The van der Waals surface area contributed by atoms with Crippen LogP contribution in [-0.4, -0.2) is 38.8 Å². The van der Waals surface area contributed by atoms with E-state index < -0.39 is 21.8 Å². The number of halogens is 1. The van der Waals surface area contributed by atoms with Crippen molar-refractivity contribution >= 4 is 21.7 Å². The molecule has 0 heterocycles. The number of aromatic carboxylic acids is 1. The smallest absolute Gasteiger partial charge is 0.335 e. The average Bonchev–Trinajstić information content (AvgIpc) is 2.31. The summed E-state index contributed by atoms with van der Waals surface area (Å²) in [5.74, 6) is -2.17. The zero-order valence-electron chi connectivity index (χ0n) is 9.60. The third-order valence-electron chi connectivity index (χ3n) is 2.21.